The number of nitrogens with zero attached hydrogens (tertiary/aromatic N) is 2. The Morgan fingerprint density at radius 1 is 1.00 bits per heavy atom. The van der Waals surface area contributed by atoms with Crippen molar-refractivity contribution in [2.75, 3.05) is 26.2 Å². The third-order valence-electron chi connectivity index (χ3n) is 6.67. The van der Waals surface area contributed by atoms with Crippen LogP contribution in [0, 0.1) is 12.8 Å². The van der Waals surface area contributed by atoms with Crippen molar-refractivity contribution in [2.45, 2.75) is 52.0 Å². The summed E-state index contributed by atoms with van der Waals surface area (Å²) < 4.78 is 0. The summed E-state index contributed by atoms with van der Waals surface area (Å²) in [6.45, 7) is 6.99. The number of aryl methyl sites for hydroxylation is 2. The predicted octanol–water partition coefficient (Wildman–Crippen LogP) is 4.61. The van der Waals surface area contributed by atoms with Crippen LogP contribution in [0.3, 0.4) is 0 Å². The number of piperidine rings is 1. The monoisotopic (exact) mass is 390 g/mol. The fourth-order valence-corrected chi connectivity index (χ4v) is 4.88. The van der Waals surface area contributed by atoms with Gasteiger partial charge in [-0.15, -0.1) is 0 Å². The van der Waals surface area contributed by atoms with Crippen LogP contribution in [0.2, 0.25) is 0 Å². The highest BCUT2D eigenvalue weighted by atomic mass is 16.2. The first kappa shape index (κ1) is 20.2. The van der Waals surface area contributed by atoms with Crippen molar-refractivity contribution in [1.82, 2.24) is 9.80 Å². The van der Waals surface area contributed by atoms with Crippen LogP contribution in [0.4, 0.5) is 0 Å². The lowest BCUT2D eigenvalue weighted by Crippen LogP contribution is -2.38. The van der Waals surface area contributed by atoms with Gasteiger partial charge in [0, 0.05) is 26.1 Å². The largest absolute Gasteiger partial charge is 0.338 e. The summed E-state index contributed by atoms with van der Waals surface area (Å²) in [5.74, 6) is 1.11. The van der Waals surface area contributed by atoms with Gasteiger partial charge in [-0.3, -0.25) is 4.79 Å². The van der Waals surface area contributed by atoms with E-state index in [-0.39, 0.29) is 0 Å². The molecule has 0 atom stereocenters. The predicted molar refractivity (Wildman–Crippen MR) is 119 cm³/mol. The second-order valence-corrected chi connectivity index (χ2v) is 8.92. The number of carbonyl (C=O) groups excluding carboxylic acids is 1. The van der Waals surface area contributed by atoms with Crippen molar-refractivity contribution in [3.8, 4) is 0 Å². The van der Waals surface area contributed by atoms with Gasteiger partial charge in [-0.25, -0.2) is 0 Å². The van der Waals surface area contributed by atoms with E-state index in [0.29, 0.717) is 12.3 Å². The van der Waals surface area contributed by atoms with E-state index in [1.54, 1.807) is 0 Å². The molecule has 3 heteroatoms. The van der Waals surface area contributed by atoms with E-state index in [1.807, 2.05) is 0 Å². The van der Waals surface area contributed by atoms with Crippen LogP contribution in [0.1, 0.15) is 47.9 Å². The molecule has 1 fully saturated rings. The molecule has 0 saturated carbocycles. The minimum Gasteiger partial charge on any atom is -0.338 e. The summed E-state index contributed by atoms with van der Waals surface area (Å²) >= 11 is 0. The number of rotatable bonds is 5. The van der Waals surface area contributed by atoms with Gasteiger partial charge in [0.25, 0.3) is 0 Å². The van der Waals surface area contributed by atoms with Crippen LogP contribution in [0.25, 0.3) is 0 Å². The van der Waals surface area contributed by atoms with E-state index in [1.165, 1.54) is 41.5 Å². The molecule has 4 rings (SSSR count). The maximum absolute atomic E-state index is 12.9. The lowest BCUT2D eigenvalue weighted by molar-refractivity contribution is -0.132. The quantitative estimate of drug-likeness (QED) is 0.744. The van der Waals surface area contributed by atoms with Gasteiger partial charge in [0.1, 0.15) is 0 Å². The van der Waals surface area contributed by atoms with Crippen LogP contribution in [0.15, 0.2) is 48.5 Å². The van der Waals surface area contributed by atoms with Crippen molar-refractivity contribution in [1.29, 1.82) is 0 Å². The average Bonchev–Trinajstić information content (AvgIpc) is 2.96. The molecule has 0 aliphatic carbocycles. The van der Waals surface area contributed by atoms with Gasteiger partial charge in [0.15, 0.2) is 0 Å². The summed E-state index contributed by atoms with van der Waals surface area (Å²) in [4.78, 5) is 17.5. The zero-order valence-corrected chi connectivity index (χ0v) is 17.8. The number of hydrogen-bond donors (Lipinski definition) is 0. The highest BCUT2D eigenvalue weighted by Gasteiger charge is 2.22. The topological polar surface area (TPSA) is 23.6 Å². The van der Waals surface area contributed by atoms with Crippen molar-refractivity contribution in [3.63, 3.8) is 0 Å². The highest BCUT2D eigenvalue weighted by molar-refractivity contribution is 5.76. The number of benzene rings is 2. The first-order chi connectivity index (χ1) is 14.2. The van der Waals surface area contributed by atoms with Gasteiger partial charge < -0.3 is 9.80 Å². The number of likely N-dealkylation sites (tertiary alicyclic amines) is 1. The maximum Gasteiger partial charge on any atom is 0.224 e. The Bertz CT molecular complexity index is 809. The first-order valence-corrected chi connectivity index (χ1v) is 11.3. The molecule has 2 aromatic rings. The Morgan fingerprint density at radius 3 is 2.59 bits per heavy atom. The summed E-state index contributed by atoms with van der Waals surface area (Å²) in [5.41, 5.74) is 5.51. The second kappa shape index (κ2) is 9.58. The molecule has 0 aromatic heterocycles. The van der Waals surface area contributed by atoms with E-state index >= 15 is 0 Å². The molecule has 0 N–H and O–H groups in total. The van der Waals surface area contributed by atoms with E-state index in [9.17, 15) is 4.79 Å². The Labute approximate surface area is 175 Å². The molecule has 29 heavy (non-hydrogen) atoms. The van der Waals surface area contributed by atoms with Crippen LogP contribution >= 0.6 is 0 Å². The molecule has 1 saturated heterocycles. The van der Waals surface area contributed by atoms with Gasteiger partial charge >= 0.3 is 0 Å². The van der Waals surface area contributed by atoms with Gasteiger partial charge in [-0.05, 0) is 74.7 Å². The molecular formula is C26H34N2O. The maximum atomic E-state index is 12.9. The van der Waals surface area contributed by atoms with Crippen molar-refractivity contribution >= 4 is 5.91 Å². The van der Waals surface area contributed by atoms with Crippen LogP contribution < -0.4 is 0 Å². The molecule has 0 unspecified atom stereocenters. The summed E-state index contributed by atoms with van der Waals surface area (Å²) in [5, 5.41) is 0. The first-order valence-electron chi connectivity index (χ1n) is 11.3. The van der Waals surface area contributed by atoms with E-state index in [0.717, 1.165) is 51.5 Å². The molecule has 2 aromatic carbocycles. The summed E-state index contributed by atoms with van der Waals surface area (Å²) in [7, 11) is 0. The SMILES string of the molecule is Cc1ccc2c(c1)CN(C(=O)CCN1CCC(Cc3ccccc3)CC1)CCC2. The molecule has 154 valence electrons. The van der Waals surface area contributed by atoms with Crippen molar-refractivity contribution < 1.29 is 4.79 Å². The minimum atomic E-state index is 0.325. The third-order valence-corrected chi connectivity index (χ3v) is 6.67. The van der Waals surface area contributed by atoms with Gasteiger partial charge in [-0.1, -0.05) is 54.1 Å². The third kappa shape index (κ3) is 5.48. The van der Waals surface area contributed by atoms with Gasteiger partial charge in [-0.2, -0.15) is 0 Å². The minimum absolute atomic E-state index is 0.325. The number of hydrogen-bond acceptors (Lipinski definition) is 2. The van der Waals surface area contributed by atoms with Crippen molar-refractivity contribution in [2.24, 2.45) is 5.92 Å². The van der Waals surface area contributed by atoms with E-state index < -0.39 is 0 Å². The fraction of sp³-hybridized carbons (Fsp3) is 0.500. The molecule has 0 bridgehead atoms. The van der Waals surface area contributed by atoms with Crippen LogP contribution in [-0.4, -0.2) is 41.9 Å². The number of amides is 1. The van der Waals surface area contributed by atoms with Crippen LogP contribution in [-0.2, 0) is 24.2 Å². The summed E-state index contributed by atoms with van der Waals surface area (Å²) in [6.07, 6.45) is 6.52. The molecule has 2 aliphatic heterocycles. The Hall–Kier alpha value is -2.13. The van der Waals surface area contributed by atoms with Gasteiger partial charge in [0.05, 0.1) is 0 Å². The molecule has 2 heterocycles. The average molecular weight is 391 g/mol. The molecule has 3 nitrogen and oxygen atoms in total. The van der Waals surface area contributed by atoms with Crippen LogP contribution in [0.5, 0.6) is 0 Å². The Morgan fingerprint density at radius 2 is 1.79 bits per heavy atom. The van der Waals surface area contributed by atoms with Gasteiger partial charge in [0.2, 0.25) is 5.91 Å². The zero-order chi connectivity index (χ0) is 20.1. The summed E-state index contributed by atoms with van der Waals surface area (Å²) in [6, 6.07) is 17.6. The lowest BCUT2D eigenvalue weighted by Gasteiger charge is -2.32. The number of fused-ring (bicyclic) bond motifs is 1. The highest BCUT2D eigenvalue weighted by Crippen LogP contribution is 2.23. The molecule has 1 amide bonds. The fourth-order valence-electron chi connectivity index (χ4n) is 4.88. The molecular weight excluding hydrogens is 356 g/mol. The normalized spacial score (nSPS) is 18.3. The second-order valence-electron chi connectivity index (χ2n) is 8.92. The number of carbonyl (C=O) groups is 1. The molecule has 2 aliphatic rings. The van der Waals surface area contributed by atoms with Crippen molar-refractivity contribution in [3.05, 3.63) is 70.8 Å². The molecule has 0 spiro atoms. The standard InChI is InChI=1S/C26H34N2O/c1-21-9-10-24-8-5-14-28(20-25(24)18-21)26(29)13-17-27-15-11-23(12-16-27)19-22-6-3-2-4-7-22/h2-4,6-7,9-10,18,23H,5,8,11-17,19-20H2,1H3. The van der Waals surface area contributed by atoms with E-state index in [4.69, 9.17) is 0 Å². The Balaban J connectivity index is 1.23. The smallest absolute Gasteiger partial charge is 0.224 e. The lowest BCUT2D eigenvalue weighted by atomic mass is 9.90. The molecule has 0 radical (unpaired) electrons. The van der Waals surface area contributed by atoms with E-state index in [2.05, 4.69) is 65.3 Å². The Kier molecular flexibility index (Phi) is 6.66. The zero-order valence-electron chi connectivity index (χ0n) is 17.8.